The van der Waals surface area contributed by atoms with E-state index in [0.29, 0.717) is 22.7 Å². The summed E-state index contributed by atoms with van der Waals surface area (Å²) < 4.78 is 0. The minimum Gasteiger partial charge on any atom is -0.393 e. The number of aliphatic hydroxyl groups excluding tert-OH is 1. The maximum Gasteiger partial charge on any atom is 0.0575 e. The van der Waals surface area contributed by atoms with Gasteiger partial charge in [0.1, 0.15) is 0 Å². The second-order valence-corrected chi connectivity index (χ2v) is 14.1. The van der Waals surface area contributed by atoms with Crippen LogP contribution in [0, 0.1) is 58.2 Å². The molecule has 1 N–H and O–H groups in total. The van der Waals surface area contributed by atoms with Gasteiger partial charge >= 0.3 is 0 Å². The first-order chi connectivity index (χ1) is 15.1. The molecule has 0 spiro atoms. The Morgan fingerprint density at radius 1 is 0.906 bits per heavy atom. The lowest BCUT2D eigenvalue weighted by Gasteiger charge is -2.63. The number of allylic oxidation sites excluding steroid dienone is 1. The highest BCUT2D eigenvalue weighted by atomic mass is 35.5. The maximum absolute atomic E-state index is 10.9. The SMILES string of the molecule is C=C(Cl)C[C@@H]1[C@@H](O)CC[C@@]2(C)[C@H]1CC[C@@H]1[C@@H]2CC[C@]2(C)[C@@H]([C@H](C)CCCC(C)C)CC[C@@H]12. The zero-order valence-electron chi connectivity index (χ0n) is 21.7. The fourth-order valence-electron chi connectivity index (χ4n) is 10.1. The molecule has 0 heterocycles. The summed E-state index contributed by atoms with van der Waals surface area (Å²) in [6, 6.07) is 0. The highest BCUT2D eigenvalue weighted by Gasteiger charge is 2.61. The number of rotatable bonds is 7. The molecule has 0 saturated heterocycles. The van der Waals surface area contributed by atoms with Gasteiger partial charge in [-0.05, 0) is 116 Å². The van der Waals surface area contributed by atoms with Crippen molar-refractivity contribution in [1.29, 1.82) is 0 Å². The Hall–Kier alpha value is -0.0100. The minimum atomic E-state index is -0.184. The third-order valence-electron chi connectivity index (χ3n) is 11.6. The standard InChI is InChI=1S/C30H51ClO/c1-19(2)8-7-9-20(3)24-12-13-25-22-10-11-26-23(18-21(4)31)28(32)15-17-30(26,6)27(22)14-16-29(24,25)5/h19-20,22-28,32H,4,7-18H2,1-3,5-6H3/t20-,22+,23+,24-,25+,26+,27+,28+,29-,30+/m1/s1. The van der Waals surface area contributed by atoms with Crippen LogP contribution in [0.2, 0.25) is 0 Å². The highest BCUT2D eigenvalue weighted by molar-refractivity contribution is 6.29. The van der Waals surface area contributed by atoms with Gasteiger partial charge in [-0.1, -0.05) is 72.1 Å². The third kappa shape index (κ3) is 4.36. The predicted molar refractivity (Wildman–Crippen MR) is 138 cm³/mol. The lowest BCUT2D eigenvalue weighted by atomic mass is 9.43. The van der Waals surface area contributed by atoms with Gasteiger partial charge in [-0.15, -0.1) is 0 Å². The molecule has 0 aromatic rings. The van der Waals surface area contributed by atoms with Crippen molar-refractivity contribution in [3.63, 3.8) is 0 Å². The molecule has 184 valence electrons. The molecule has 32 heavy (non-hydrogen) atoms. The van der Waals surface area contributed by atoms with Crippen LogP contribution in [-0.4, -0.2) is 11.2 Å². The van der Waals surface area contributed by atoms with E-state index in [-0.39, 0.29) is 6.10 Å². The van der Waals surface area contributed by atoms with E-state index in [1.807, 2.05) is 0 Å². The molecule has 4 saturated carbocycles. The Morgan fingerprint density at radius 3 is 2.25 bits per heavy atom. The molecule has 0 unspecified atom stereocenters. The van der Waals surface area contributed by atoms with Gasteiger partial charge in [0.2, 0.25) is 0 Å². The van der Waals surface area contributed by atoms with Crippen LogP contribution < -0.4 is 0 Å². The summed E-state index contributed by atoms with van der Waals surface area (Å²) in [5.41, 5.74) is 0.959. The zero-order chi connectivity index (χ0) is 23.3. The lowest BCUT2D eigenvalue weighted by Crippen LogP contribution is -2.56. The van der Waals surface area contributed by atoms with Gasteiger partial charge in [-0.2, -0.15) is 0 Å². The molecule has 0 radical (unpaired) electrons. The van der Waals surface area contributed by atoms with E-state index in [4.69, 9.17) is 11.6 Å². The average Bonchev–Trinajstić information content (AvgIpc) is 3.07. The van der Waals surface area contributed by atoms with Crippen molar-refractivity contribution >= 4 is 11.6 Å². The van der Waals surface area contributed by atoms with Crippen molar-refractivity contribution < 1.29 is 5.11 Å². The third-order valence-corrected chi connectivity index (χ3v) is 11.7. The summed E-state index contributed by atoms with van der Waals surface area (Å²) in [4.78, 5) is 0. The number of fused-ring (bicyclic) bond motifs is 5. The first kappa shape index (κ1) is 25.1. The monoisotopic (exact) mass is 462 g/mol. The van der Waals surface area contributed by atoms with Gasteiger partial charge in [-0.3, -0.25) is 0 Å². The summed E-state index contributed by atoms with van der Waals surface area (Å²) in [7, 11) is 0. The minimum absolute atomic E-state index is 0.184. The van der Waals surface area contributed by atoms with E-state index in [1.54, 1.807) is 0 Å². The fourth-order valence-corrected chi connectivity index (χ4v) is 10.2. The molecule has 10 atom stereocenters. The summed E-state index contributed by atoms with van der Waals surface area (Å²) in [6.07, 6.45) is 15.5. The lowest BCUT2D eigenvalue weighted by molar-refractivity contribution is -0.152. The summed E-state index contributed by atoms with van der Waals surface area (Å²) in [5.74, 6) is 6.32. The normalized spacial score (nSPS) is 46.9. The topological polar surface area (TPSA) is 20.2 Å². The molecule has 0 amide bonds. The maximum atomic E-state index is 10.9. The Labute approximate surface area is 204 Å². The van der Waals surface area contributed by atoms with E-state index >= 15 is 0 Å². The fraction of sp³-hybridized carbons (Fsp3) is 0.933. The first-order valence-corrected chi connectivity index (χ1v) is 14.5. The van der Waals surface area contributed by atoms with E-state index in [1.165, 1.54) is 64.2 Å². The molecule has 0 bridgehead atoms. The first-order valence-electron chi connectivity index (χ1n) is 14.1. The molecule has 4 aliphatic rings. The Kier molecular flexibility index (Phi) is 7.50. The van der Waals surface area contributed by atoms with Crippen LogP contribution in [0.1, 0.15) is 112 Å². The van der Waals surface area contributed by atoms with Crippen molar-refractivity contribution in [1.82, 2.24) is 0 Å². The molecule has 4 rings (SSSR count). The molecular formula is C30H51ClO. The second kappa shape index (κ2) is 9.56. The van der Waals surface area contributed by atoms with Gasteiger partial charge in [0, 0.05) is 5.03 Å². The van der Waals surface area contributed by atoms with Crippen LogP contribution in [0.25, 0.3) is 0 Å². The number of aliphatic hydroxyl groups is 1. The van der Waals surface area contributed by atoms with Crippen molar-refractivity contribution in [2.45, 2.75) is 118 Å². The van der Waals surface area contributed by atoms with Gasteiger partial charge in [0.25, 0.3) is 0 Å². The molecule has 0 aromatic carbocycles. The van der Waals surface area contributed by atoms with E-state index in [0.717, 1.165) is 53.4 Å². The van der Waals surface area contributed by atoms with Gasteiger partial charge < -0.3 is 5.11 Å². The molecule has 1 nitrogen and oxygen atoms in total. The smallest absolute Gasteiger partial charge is 0.0575 e. The van der Waals surface area contributed by atoms with Crippen molar-refractivity contribution in [3.8, 4) is 0 Å². The molecule has 4 fully saturated rings. The molecule has 2 heteroatoms. The number of hydrogen-bond donors (Lipinski definition) is 1. The molecule has 4 aliphatic carbocycles. The van der Waals surface area contributed by atoms with E-state index in [2.05, 4.69) is 41.2 Å². The van der Waals surface area contributed by atoms with Crippen molar-refractivity contribution in [2.24, 2.45) is 58.2 Å². The van der Waals surface area contributed by atoms with Crippen LogP contribution in [0.3, 0.4) is 0 Å². The molecular weight excluding hydrogens is 412 g/mol. The highest BCUT2D eigenvalue weighted by Crippen LogP contribution is 2.69. The van der Waals surface area contributed by atoms with Gasteiger partial charge in [0.15, 0.2) is 0 Å². The Bertz CT molecular complexity index is 672. The van der Waals surface area contributed by atoms with Crippen molar-refractivity contribution in [3.05, 3.63) is 11.6 Å². The quantitative estimate of drug-likeness (QED) is 0.400. The molecule has 0 aliphatic heterocycles. The van der Waals surface area contributed by atoms with E-state index < -0.39 is 0 Å². The van der Waals surface area contributed by atoms with Crippen molar-refractivity contribution in [2.75, 3.05) is 0 Å². The van der Waals surface area contributed by atoms with E-state index in [9.17, 15) is 5.11 Å². The summed E-state index contributed by atoms with van der Waals surface area (Å²) in [6.45, 7) is 16.6. The Morgan fingerprint density at radius 2 is 1.56 bits per heavy atom. The summed E-state index contributed by atoms with van der Waals surface area (Å²) >= 11 is 6.28. The average molecular weight is 463 g/mol. The molecule has 0 aromatic heterocycles. The number of hydrogen-bond acceptors (Lipinski definition) is 1. The number of halogens is 1. The predicted octanol–water partition coefficient (Wildman–Crippen LogP) is 8.84. The zero-order valence-corrected chi connectivity index (χ0v) is 22.5. The second-order valence-electron chi connectivity index (χ2n) is 13.6. The van der Waals surface area contributed by atoms with Crippen LogP contribution in [0.4, 0.5) is 0 Å². The largest absolute Gasteiger partial charge is 0.393 e. The van der Waals surface area contributed by atoms with Crippen LogP contribution in [0.5, 0.6) is 0 Å². The van der Waals surface area contributed by atoms with Gasteiger partial charge in [0.05, 0.1) is 6.10 Å². The summed E-state index contributed by atoms with van der Waals surface area (Å²) in [5, 5.41) is 11.6. The van der Waals surface area contributed by atoms with Crippen LogP contribution >= 0.6 is 11.6 Å². The van der Waals surface area contributed by atoms with Gasteiger partial charge in [-0.25, -0.2) is 0 Å². The van der Waals surface area contributed by atoms with Crippen LogP contribution in [-0.2, 0) is 0 Å². The van der Waals surface area contributed by atoms with Crippen LogP contribution in [0.15, 0.2) is 11.6 Å². The Balaban J connectivity index is 1.49.